The third-order valence-corrected chi connectivity index (χ3v) is 3.05. The average molecular weight is 354 g/mol. The molecule has 0 aliphatic carbocycles. The Morgan fingerprint density at radius 3 is 2.72 bits per heavy atom. The maximum absolute atomic E-state index is 11.9. The Labute approximate surface area is 118 Å². The Kier molecular flexibility index (Phi) is 3.81. The summed E-state index contributed by atoms with van der Waals surface area (Å²) in [5.41, 5.74) is 1.13. The van der Waals surface area contributed by atoms with Gasteiger partial charge in [0.25, 0.3) is 11.5 Å². The van der Waals surface area contributed by atoms with Crippen molar-refractivity contribution in [2.45, 2.75) is 6.92 Å². The number of aromatic amines is 1. The molecule has 18 heavy (non-hydrogen) atoms. The van der Waals surface area contributed by atoms with E-state index >= 15 is 0 Å². The summed E-state index contributed by atoms with van der Waals surface area (Å²) in [7, 11) is 0. The predicted octanol–water partition coefficient (Wildman–Crippen LogP) is 2.54. The summed E-state index contributed by atoms with van der Waals surface area (Å²) in [6.07, 6.45) is 0. The van der Waals surface area contributed by atoms with Gasteiger partial charge < -0.3 is 10.3 Å². The van der Waals surface area contributed by atoms with Crippen LogP contribution < -0.4 is 10.9 Å². The smallest absolute Gasteiger partial charge is 0.261 e. The van der Waals surface area contributed by atoms with Crippen LogP contribution in [0, 0.1) is 10.5 Å². The van der Waals surface area contributed by atoms with Gasteiger partial charge in [0.15, 0.2) is 0 Å². The van der Waals surface area contributed by atoms with Gasteiger partial charge in [0.1, 0.15) is 5.56 Å². The fraction of sp³-hybridized carbons (Fsp3) is 0.0769. The summed E-state index contributed by atoms with van der Waals surface area (Å²) in [6, 6.07) is 10.6. The lowest BCUT2D eigenvalue weighted by molar-refractivity contribution is 0.102. The number of hydrogen-bond acceptors (Lipinski definition) is 2. The molecule has 2 rings (SSSR count). The van der Waals surface area contributed by atoms with Crippen LogP contribution in [0.15, 0.2) is 41.2 Å². The summed E-state index contributed by atoms with van der Waals surface area (Å²) >= 11 is 2.16. The molecule has 0 fully saturated rings. The molecule has 5 heteroatoms. The van der Waals surface area contributed by atoms with Gasteiger partial charge in [0, 0.05) is 15.0 Å². The quantitative estimate of drug-likeness (QED) is 0.815. The van der Waals surface area contributed by atoms with Crippen molar-refractivity contribution in [3.8, 4) is 0 Å². The summed E-state index contributed by atoms with van der Waals surface area (Å²) < 4.78 is 1.02. The molecule has 1 aromatic carbocycles. The summed E-state index contributed by atoms with van der Waals surface area (Å²) in [4.78, 5) is 26.1. The van der Waals surface area contributed by atoms with Crippen molar-refractivity contribution in [3.05, 3.63) is 61.6 Å². The molecule has 2 aromatic rings. The van der Waals surface area contributed by atoms with Crippen molar-refractivity contribution < 1.29 is 4.79 Å². The molecule has 0 saturated heterocycles. The van der Waals surface area contributed by atoms with Gasteiger partial charge in [-0.25, -0.2) is 0 Å². The molecule has 0 radical (unpaired) electrons. The maximum Gasteiger partial charge on any atom is 0.261 e. The van der Waals surface area contributed by atoms with E-state index in [1.54, 1.807) is 19.1 Å². The third-order valence-electron chi connectivity index (χ3n) is 2.38. The van der Waals surface area contributed by atoms with Gasteiger partial charge in [0.2, 0.25) is 0 Å². The van der Waals surface area contributed by atoms with Gasteiger partial charge >= 0.3 is 0 Å². The van der Waals surface area contributed by atoms with Crippen LogP contribution in [0.4, 0.5) is 5.69 Å². The molecule has 92 valence electrons. The van der Waals surface area contributed by atoms with E-state index in [-0.39, 0.29) is 11.1 Å². The number of hydrogen-bond donors (Lipinski definition) is 2. The lowest BCUT2D eigenvalue weighted by Gasteiger charge is -2.05. The highest BCUT2D eigenvalue weighted by Gasteiger charge is 2.10. The first-order valence-corrected chi connectivity index (χ1v) is 6.41. The number of aryl methyl sites for hydroxylation is 1. The van der Waals surface area contributed by atoms with E-state index in [9.17, 15) is 9.59 Å². The number of aromatic nitrogens is 1. The first-order chi connectivity index (χ1) is 8.56. The highest BCUT2D eigenvalue weighted by molar-refractivity contribution is 14.1. The van der Waals surface area contributed by atoms with E-state index in [1.807, 2.05) is 18.2 Å². The third kappa shape index (κ3) is 2.98. The molecule has 4 nitrogen and oxygen atoms in total. The molecule has 0 saturated carbocycles. The number of halogens is 1. The molecular formula is C13H11IN2O2. The van der Waals surface area contributed by atoms with E-state index in [0.717, 1.165) is 9.26 Å². The topological polar surface area (TPSA) is 62.0 Å². The lowest BCUT2D eigenvalue weighted by Crippen LogP contribution is -2.23. The largest absolute Gasteiger partial charge is 0.326 e. The Hall–Kier alpha value is -1.63. The highest BCUT2D eigenvalue weighted by atomic mass is 127. The van der Waals surface area contributed by atoms with Crippen molar-refractivity contribution >= 4 is 34.2 Å². The lowest BCUT2D eigenvalue weighted by atomic mass is 10.2. The van der Waals surface area contributed by atoms with Crippen LogP contribution in [0.2, 0.25) is 0 Å². The minimum absolute atomic E-state index is 0.111. The molecule has 0 aliphatic heterocycles. The number of benzene rings is 1. The first kappa shape index (κ1) is 12.8. The van der Waals surface area contributed by atoms with Gasteiger partial charge in [-0.05, 0) is 59.8 Å². The van der Waals surface area contributed by atoms with Crippen molar-refractivity contribution in [1.82, 2.24) is 4.98 Å². The number of carbonyl (C=O) groups excluding carboxylic acids is 1. The SMILES string of the molecule is Cc1ccc(C(=O)Nc2cccc(I)c2)c(=O)[nH]1. The average Bonchev–Trinajstić information content (AvgIpc) is 2.28. The number of nitrogens with one attached hydrogen (secondary N) is 2. The standard InChI is InChI=1S/C13H11IN2O2/c1-8-5-6-11(12(17)15-8)13(18)16-10-4-2-3-9(14)7-10/h2-7H,1H3,(H,15,17)(H,16,18). The molecular weight excluding hydrogens is 343 g/mol. The number of rotatable bonds is 2. The van der Waals surface area contributed by atoms with Crippen LogP contribution in [0.3, 0.4) is 0 Å². The zero-order valence-corrected chi connectivity index (χ0v) is 11.8. The Balaban J connectivity index is 2.25. The minimum Gasteiger partial charge on any atom is -0.326 e. The zero-order valence-electron chi connectivity index (χ0n) is 9.66. The van der Waals surface area contributed by atoms with E-state index in [0.29, 0.717) is 5.69 Å². The molecule has 0 spiro atoms. The Morgan fingerprint density at radius 1 is 1.28 bits per heavy atom. The van der Waals surface area contributed by atoms with E-state index < -0.39 is 5.91 Å². The van der Waals surface area contributed by atoms with Crippen molar-refractivity contribution in [3.63, 3.8) is 0 Å². The number of carbonyl (C=O) groups is 1. The van der Waals surface area contributed by atoms with Gasteiger partial charge in [-0.3, -0.25) is 9.59 Å². The first-order valence-electron chi connectivity index (χ1n) is 5.33. The zero-order chi connectivity index (χ0) is 13.1. The van der Waals surface area contributed by atoms with Crippen LogP contribution in [0.25, 0.3) is 0 Å². The number of H-pyrrole nitrogens is 1. The Bertz CT molecular complexity index is 649. The molecule has 0 aliphatic rings. The predicted molar refractivity (Wildman–Crippen MR) is 78.9 cm³/mol. The van der Waals surface area contributed by atoms with E-state index in [1.165, 1.54) is 6.07 Å². The van der Waals surface area contributed by atoms with Crippen molar-refractivity contribution in [1.29, 1.82) is 0 Å². The second kappa shape index (κ2) is 5.34. The van der Waals surface area contributed by atoms with Crippen molar-refractivity contribution in [2.75, 3.05) is 5.32 Å². The number of anilines is 1. The van der Waals surface area contributed by atoms with Crippen LogP contribution in [0.5, 0.6) is 0 Å². The van der Waals surface area contributed by atoms with Crippen LogP contribution in [0.1, 0.15) is 16.1 Å². The number of amides is 1. The summed E-state index contributed by atoms with van der Waals surface area (Å²) in [6.45, 7) is 1.77. The fourth-order valence-electron chi connectivity index (χ4n) is 1.52. The van der Waals surface area contributed by atoms with Gasteiger partial charge in [0.05, 0.1) is 0 Å². The van der Waals surface area contributed by atoms with Crippen LogP contribution in [-0.4, -0.2) is 10.9 Å². The molecule has 0 bridgehead atoms. The van der Waals surface area contributed by atoms with Gasteiger partial charge in [-0.2, -0.15) is 0 Å². The monoisotopic (exact) mass is 354 g/mol. The summed E-state index contributed by atoms with van der Waals surface area (Å²) in [5.74, 6) is -0.404. The minimum atomic E-state index is -0.404. The maximum atomic E-state index is 11.9. The van der Waals surface area contributed by atoms with E-state index in [4.69, 9.17) is 0 Å². The Morgan fingerprint density at radius 2 is 2.06 bits per heavy atom. The number of pyridine rings is 1. The second-order valence-corrected chi connectivity index (χ2v) is 5.09. The molecule has 0 atom stereocenters. The normalized spacial score (nSPS) is 10.1. The molecule has 1 aromatic heterocycles. The molecule has 1 heterocycles. The fourth-order valence-corrected chi connectivity index (χ4v) is 2.06. The van der Waals surface area contributed by atoms with E-state index in [2.05, 4.69) is 32.9 Å². The second-order valence-electron chi connectivity index (χ2n) is 3.85. The van der Waals surface area contributed by atoms with Gasteiger partial charge in [-0.15, -0.1) is 0 Å². The van der Waals surface area contributed by atoms with Crippen LogP contribution in [-0.2, 0) is 0 Å². The highest BCUT2D eigenvalue weighted by Crippen LogP contribution is 2.13. The molecule has 2 N–H and O–H groups in total. The molecule has 1 amide bonds. The summed E-state index contributed by atoms with van der Waals surface area (Å²) in [5, 5.41) is 2.70. The van der Waals surface area contributed by atoms with Gasteiger partial charge in [-0.1, -0.05) is 6.07 Å². The van der Waals surface area contributed by atoms with Crippen LogP contribution >= 0.6 is 22.6 Å². The molecule has 0 unspecified atom stereocenters. The van der Waals surface area contributed by atoms with Crippen molar-refractivity contribution in [2.24, 2.45) is 0 Å².